The van der Waals surface area contributed by atoms with Crippen molar-refractivity contribution < 1.29 is 19.4 Å². The lowest BCUT2D eigenvalue weighted by atomic mass is 10.6. The molecule has 0 aliphatic heterocycles. The van der Waals surface area contributed by atoms with Crippen molar-refractivity contribution in [2.45, 2.75) is 6.54 Å². The molecule has 0 fully saturated rings. The van der Waals surface area contributed by atoms with Crippen LogP contribution in [0.15, 0.2) is 12.5 Å². The first-order valence-corrected chi connectivity index (χ1v) is 6.56. The molecule has 0 bridgehead atoms. The normalized spacial score (nSPS) is 10.5. The summed E-state index contributed by atoms with van der Waals surface area (Å²) in [5.41, 5.74) is 0. The van der Waals surface area contributed by atoms with Crippen LogP contribution in [0.5, 0.6) is 0 Å². The summed E-state index contributed by atoms with van der Waals surface area (Å²) in [4.78, 5) is 14.2. The van der Waals surface area contributed by atoms with Crippen molar-refractivity contribution in [3.63, 3.8) is 0 Å². The van der Waals surface area contributed by atoms with Crippen LogP contribution in [0.3, 0.4) is 0 Å². The second-order valence-electron chi connectivity index (χ2n) is 3.39. The quantitative estimate of drug-likeness (QED) is 0.497. The average Bonchev–Trinajstić information content (AvgIpc) is 2.72. The van der Waals surface area contributed by atoms with E-state index in [-0.39, 0.29) is 0 Å². The number of nitrogens with zero attached hydrogens (tertiary/aromatic N) is 2. The lowest BCUT2D eigenvalue weighted by Crippen LogP contribution is -2.25. The van der Waals surface area contributed by atoms with E-state index in [0.717, 1.165) is 10.2 Å². The van der Waals surface area contributed by atoms with Crippen molar-refractivity contribution >= 4 is 28.7 Å². The molecule has 0 aromatic carbocycles. The van der Waals surface area contributed by atoms with Crippen LogP contribution in [0.25, 0.3) is 0 Å². The number of ether oxygens (including phenoxy) is 2. The number of halogens is 1. The van der Waals surface area contributed by atoms with Crippen LogP contribution in [0.2, 0.25) is 0 Å². The molecule has 0 saturated carbocycles. The number of hydrogen-bond donors (Lipinski definition) is 2. The number of amides is 1. The molecule has 7 nitrogen and oxygen atoms in total. The van der Waals surface area contributed by atoms with Crippen LogP contribution in [-0.4, -0.2) is 53.7 Å². The second-order valence-corrected chi connectivity index (χ2v) is 4.50. The predicted octanol–water partition coefficient (Wildman–Crippen LogP) is 0.788. The number of aromatic nitrogens is 2. The molecule has 0 radical (unpaired) electrons. The number of carbonyl (C=O) groups is 1. The summed E-state index contributed by atoms with van der Waals surface area (Å²) < 4.78 is 13.4. The molecule has 0 aliphatic rings. The molecule has 0 unspecified atom stereocenters. The minimum absolute atomic E-state index is 0.294. The van der Waals surface area contributed by atoms with Crippen LogP contribution >= 0.6 is 22.6 Å². The Morgan fingerprint density at radius 3 is 2.72 bits per heavy atom. The van der Waals surface area contributed by atoms with Crippen molar-refractivity contribution in [2.24, 2.45) is 0 Å². The van der Waals surface area contributed by atoms with Gasteiger partial charge in [0.1, 0.15) is 3.70 Å². The molecule has 102 valence electrons. The standard InChI is InChI=1S/C10H16IN3O4/c11-9-7-14(8-13-9)2-4-18-6-5-17-3-1-12-10(15)16/h7-8,12H,1-6H2,(H,15,16). The fourth-order valence-corrected chi connectivity index (χ4v) is 1.66. The highest BCUT2D eigenvalue weighted by Crippen LogP contribution is 1.99. The Bertz CT molecular complexity index is 359. The first-order chi connectivity index (χ1) is 8.68. The zero-order chi connectivity index (χ0) is 13.2. The van der Waals surface area contributed by atoms with Gasteiger partial charge < -0.3 is 24.5 Å². The van der Waals surface area contributed by atoms with E-state index in [1.54, 1.807) is 6.33 Å². The lowest BCUT2D eigenvalue weighted by Gasteiger charge is -2.06. The smallest absolute Gasteiger partial charge is 0.404 e. The van der Waals surface area contributed by atoms with Crippen molar-refractivity contribution in [3.8, 4) is 0 Å². The van der Waals surface area contributed by atoms with Crippen LogP contribution in [0, 0.1) is 3.70 Å². The van der Waals surface area contributed by atoms with Gasteiger partial charge in [-0.25, -0.2) is 9.78 Å². The Morgan fingerprint density at radius 2 is 2.11 bits per heavy atom. The van der Waals surface area contributed by atoms with E-state index in [0.29, 0.717) is 33.0 Å². The number of imidazole rings is 1. The third-order valence-electron chi connectivity index (χ3n) is 1.99. The molecule has 1 amide bonds. The van der Waals surface area contributed by atoms with Gasteiger partial charge in [-0.15, -0.1) is 0 Å². The minimum atomic E-state index is -1.04. The molecular weight excluding hydrogens is 353 g/mol. The molecule has 0 spiro atoms. The fourth-order valence-electron chi connectivity index (χ4n) is 1.18. The van der Waals surface area contributed by atoms with Crippen LogP contribution in [0.1, 0.15) is 0 Å². The second kappa shape index (κ2) is 9.11. The van der Waals surface area contributed by atoms with E-state index < -0.39 is 6.09 Å². The van der Waals surface area contributed by atoms with E-state index in [1.165, 1.54) is 0 Å². The van der Waals surface area contributed by atoms with Gasteiger partial charge in [0.25, 0.3) is 0 Å². The first kappa shape index (κ1) is 15.2. The third-order valence-corrected chi connectivity index (χ3v) is 2.55. The Labute approximate surface area is 119 Å². The Kier molecular flexibility index (Phi) is 7.69. The van der Waals surface area contributed by atoms with Gasteiger partial charge in [-0.3, -0.25) is 0 Å². The molecule has 0 saturated heterocycles. The van der Waals surface area contributed by atoms with Crippen LogP contribution in [0.4, 0.5) is 4.79 Å². The van der Waals surface area contributed by atoms with E-state index in [9.17, 15) is 4.79 Å². The van der Waals surface area contributed by atoms with Gasteiger partial charge in [-0.05, 0) is 22.6 Å². The van der Waals surface area contributed by atoms with E-state index in [4.69, 9.17) is 14.6 Å². The zero-order valence-electron chi connectivity index (χ0n) is 9.84. The minimum Gasteiger partial charge on any atom is -0.465 e. The summed E-state index contributed by atoms with van der Waals surface area (Å²) in [6.45, 7) is 2.97. The highest BCUT2D eigenvalue weighted by atomic mass is 127. The number of carboxylic acid groups (broad SMARTS) is 1. The highest BCUT2D eigenvalue weighted by molar-refractivity contribution is 14.1. The maximum atomic E-state index is 10.1. The van der Waals surface area contributed by atoms with Crippen molar-refractivity contribution in [1.29, 1.82) is 0 Å². The first-order valence-electron chi connectivity index (χ1n) is 5.48. The summed E-state index contributed by atoms with van der Waals surface area (Å²) >= 11 is 2.15. The van der Waals surface area contributed by atoms with Crippen LogP contribution in [-0.2, 0) is 16.0 Å². The average molecular weight is 369 g/mol. The van der Waals surface area contributed by atoms with Gasteiger partial charge in [0.05, 0.1) is 32.8 Å². The largest absolute Gasteiger partial charge is 0.465 e. The Hall–Kier alpha value is -0.870. The van der Waals surface area contributed by atoms with Gasteiger partial charge in [0.15, 0.2) is 0 Å². The Balaban J connectivity index is 1.85. The summed E-state index contributed by atoms with van der Waals surface area (Å²) in [6.07, 6.45) is 2.67. The highest BCUT2D eigenvalue weighted by Gasteiger charge is 1.96. The molecule has 1 aromatic rings. The summed E-state index contributed by atoms with van der Waals surface area (Å²) in [5, 5.41) is 10.5. The van der Waals surface area contributed by atoms with Gasteiger partial charge in [-0.1, -0.05) is 0 Å². The van der Waals surface area contributed by atoms with Gasteiger partial charge >= 0.3 is 6.09 Å². The summed E-state index contributed by atoms with van der Waals surface area (Å²) in [7, 11) is 0. The van der Waals surface area contributed by atoms with E-state index >= 15 is 0 Å². The summed E-state index contributed by atoms with van der Waals surface area (Å²) in [6, 6.07) is 0. The monoisotopic (exact) mass is 369 g/mol. The molecule has 0 atom stereocenters. The number of rotatable bonds is 9. The molecule has 1 rings (SSSR count). The molecule has 2 N–H and O–H groups in total. The zero-order valence-corrected chi connectivity index (χ0v) is 12.0. The number of nitrogens with one attached hydrogen (secondary N) is 1. The summed E-state index contributed by atoms with van der Waals surface area (Å²) in [5.74, 6) is 0. The fraction of sp³-hybridized carbons (Fsp3) is 0.600. The Morgan fingerprint density at radius 1 is 1.39 bits per heavy atom. The van der Waals surface area contributed by atoms with Crippen molar-refractivity contribution in [1.82, 2.24) is 14.9 Å². The molecule has 0 aliphatic carbocycles. The van der Waals surface area contributed by atoms with Crippen molar-refractivity contribution in [2.75, 3.05) is 33.0 Å². The van der Waals surface area contributed by atoms with Crippen LogP contribution < -0.4 is 5.32 Å². The topological polar surface area (TPSA) is 85.6 Å². The van der Waals surface area contributed by atoms with E-state index in [2.05, 4.69) is 32.9 Å². The van der Waals surface area contributed by atoms with Crippen molar-refractivity contribution in [3.05, 3.63) is 16.2 Å². The third kappa shape index (κ3) is 7.45. The molecule has 8 heteroatoms. The molecule has 18 heavy (non-hydrogen) atoms. The molecular formula is C10H16IN3O4. The SMILES string of the molecule is O=C(O)NCCOCCOCCn1cnc(I)c1. The molecule has 1 heterocycles. The van der Waals surface area contributed by atoms with Gasteiger partial charge in [0.2, 0.25) is 0 Å². The van der Waals surface area contributed by atoms with Gasteiger partial charge in [-0.2, -0.15) is 0 Å². The lowest BCUT2D eigenvalue weighted by molar-refractivity contribution is 0.0459. The number of hydrogen-bond acceptors (Lipinski definition) is 4. The predicted molar refractivity (Wildman–Crippen MR) is 72.6 cm³/mol. The van der Waals surface area contributed by atoms with Gasteiger partial charge in [0, 0.05) is 19.3 Å². The van der Waals surface area contributed by atoms with E-state index in [1.807, 2.05) is 10.8 Å². The molecule has 1 aromatic heterocycles. The maximum absolute atomic E-state index is 10.1. The maximum Gasteiger partial charge on any atom is 0.404 e.